The molecule has 3 rings (SSSR count). The minimum Gasteiger partial charge on any atom is -0.508 e. The second-order valence-corrected chi connectivity index (χ2v) is 6.59. The highest BCUT2D eigenvalue weighted by molar-refractivity contribution is 5.89. The Morgan fingerprint density at radius 1 is 0.962 bits per heavy atom. The third-order valence-electron chi connectivity index (χ3n) is 4.68. The number of phenolic OH excluding ortho intramolecular Hbond substituents is 1. The van der Waals surface area contributed by atoms with Crippen LogP contribution in [0.25, 0.3) is 10.8 Å². The lowest BCUT2D eigenvalue weighted by Gasteiger charge is -2.22. The first kappa shape index (κ1) is 18.0. The quantitative estimate of drug-likeness (QED) is 0.567. The predicted molar refractivity (Wildman–Crippen MR) is 106 cm³/mol. The molecular weight excluding hydrogens is 322 g/mol. The highest BCUT2D eigenvalue weighted by Gasteiger charge is 2.22. The number of benzene rings is 3. The van der Waals surface area contributed by atoms with E-state index >= 15 is 0 Å². The van der Waals surface area contributed by atoms with Gasteiger partial charge >= 0.3 is 0 Å². The van der Waals surface area contributed by atoms with Crippen molar-refractivity contribution in [2.45, 2.75) is 38.6 Å². The molecule has 3 aromatic rings. The van der Waals surface area contributed by atoms with Crippen molar-refractivity contribution < 1.29 is 9.90 Å². The number of hydrogen-bond donors (Lipinski definition) is 2. The fourth-order valence-corrected chi connectivity index (χ4v) is 3.32. The highest BCUT2D eigenvalue weighted by atomic mass is 16.3. The van der Waals surface area contributed by atoms with Gasteiger partial charge < -0.3 is 10.4 Å². The normalized spacial score (nSPS) is 12.0. The SMILES string of the molecule is CCCCCC(=O)NC(c1ccccc1)c1c(O)ccc2ccccc12. The number of amides is 1. The van der Waals surface area contributed by atoms with Gasteiger partial charge in [0.05, 0.1) is 6.04 Å². The van der Waals surface area contributed by atoms with Crippen molar-refractivity contribution in [2.75, 3.05) is 0 Å². The van der Waals surface area contributed by atoms with Crippen LogP contribution in [0.3, 0.4) is 0 Å². The Bertz CT molecular complexity index is 874. The van der Waals surface area contributed by atoms with Gasteiger partial charge in [-0.1, -0.05) is 80.4 Å². The van der Waals surface area contributed by atoms with Crippen LogP contribution >= 0.6 is 0 Å². The minimum absolute atomic E-state index is 0.0136. The fraction of sp³-hybridized carbons (Fsp3) is 0.261. The van der Waals surface area contributed by atoms with E-state index in [1.54, 1.807) is 6.07 Å². The topological polar surface area (TPSA) is 49.3 Å². The van der Waals surface area contributed by atoms with Gasteiger partial charge in [0.2, 0.25) is 5.91 Å². The van der Waals surface area contributed by atoms with Crippen LogP contribution in [0, 0.1) is 0 Å². The number of rotatable bonds is 7. The van der Waals surface area contributed by atoms with E-state index in [1.165, 1.54) is 0 Å². The molecule has 0 aliphatic heterocycles. The van der Waals surface area contributed by atoms with Gasteiger partial charge in [-0.3, -0.25) is 4.79 Å². The Morgan fingerprint density at radius 2 is 1.69 bits per heavy atom. The highest BCUT2D eigenvalue weighted by Crippen LogP contribution is 2.35. The maximum absolute atomic E-state index is 12.5. The average Bonchev–Trinajstić information content (AvgIpc) is 2.67. The van der Waals surface area contributed by atoms with E-state index in [0.29, 0.717) is 6.42 Å². The predicted octanol–water partition coefficient (Wildman–Crippen LogP) is 5.33. The molecule has 26 heavy (non-hydrogen) atoms. The molecule has 1 unspecified atom stereocenters. The number of phenols is 1. The zero-order chi connectivity index (χ0) is 18.4. The number of hydrogen-bond acceptors (Lipinski definition) is 2. The van der Waals surface area contributed by atoms with E-state index in [-0.39, 0.29) is 17.7 Å². The number of nitrogens with one attached hydrogen (secondary N) is 1. The number of aromatic hydroxyl groups is 1. The van der Waals surface area contributed by atoms with Crippen molar-refractivity contribution in [1.29, 1.82) is 0 Å². The van der Waals surface area contributed by atoms with Crippen molar-refractivity contribution in [2.24, 2.45) is 0 Å². The Balaban J connectivity index is 2.02. The zero-order valence-electron chi connectivity index (χ0n) is 15.1. The number of carbonyl (C=O) groups is 1. The first-order chi connectivity index (χ1) is 12.7. The molecule has 0 aromatic heterocycles. The van der Waals surface area contributed by atoms with Gasteiger partial charge in [0.1, 0.15) is 5.75 Å². The van der Waals surface area contributed by atoms with Gasteiger partial charge in [-0.05, 0) is 28.8 Å². The smallest absolute Gasteiger partial charge is 0.220 e. The van der Waals surface area contributed by atoms with E-state index in [9.17, 15) is 9.90 Å². The summed E-state index contributed by atoms with van der Waals surface area (Å²) in [6.07, 6.45) is 3.51. The largest absolute Gasteiger partial charge is 0.508 e. The molecular formula is C23H25NO2. The molecule has 1 amide bonds. The molecule has 2 N–H and O–H groups in total. The first-order valence-corrected chi connectivity index (χ1v) is 9.25. The maximum atomic E-state index is 12.5. The molecule has 0 saturated carbocycles. The van der Waals surface area contributed by atoms with E-state index in [4.69, 9.17) is 0 Å². The number of carbonyl (C=O) groups excluding carboxylic acids is 1. The molecule has 0 fully saturated rings. The summed E-state index contributed by atoms with van der Waals surface area (Å²) in [5.41, 5.74) is 1.71. The second-order valence-electron chi connectivity index (χ2n) is 6.59. The molecule has 0 radical (unpaired) electrons. The van der Waals surface area contributed by atoms with E-state index in [0.717, 1.165) is 41.2 Å². The van der Waals surface area contributed by atoms with Crippen LogP contribution in [0.2, 0.25) is 0 Å². The number of unbranched alkanes of at least 4 members (excludes halogenated alkanes) is 2. The molecule has 3 heteroatoms. The van der Waals surface area contributed by atoms with Gasteiger partial charge in [0.15, 0.2) is 0 Å². The van der Waals surface area contributed by atoms with Crippen molar-refractivity contribution >= 4 is 16.7 Å². The van der Waals surface area contributed by atoms with Crippen molar-refractivity contribution in [3.05, 3.63) is 77.9 Å². The molecule has 0 heterocycles. The summed E-state index contributed by atoms with van der Waals surface area (Å²) in [7, 11) is 0. The van der Waals surface area contributed by atoms with Gasteiger partial charge in [-0.15, -0.1) is 0 Å². The molecule has 1 atom stereocenters. The van der Waals surface area contributed by atoms with Gasteiger partial charge in [0, 0.05) is 12.0 Å². The summed E-state index contributed by atoms with van der Waals surface area (Å²) in [6, 6.07) is 21.0. The van der Waals surface area contributed by atoms with Crippen LogP contribution in [0.15, 0.2) is 66.7 Å². The lowest BCUT2D eigenvalue weighted by atomic mass is 9.92. The van der Waals surface area contributed by atoms with Crippen LogP contribution in [0.1, 0.15) is 49.8 Å². The molecule has 3 nitrogen and oxygen atoms in total. The summed E-state index contributed by atoms with van der Waals surface area (Å²) in [5.74, 6) is 0.214. The van der Waals surface area contributed by atoms with Crippen LogP contribution in [-0.4, -0.2) is 11.0 Å². The van der Waals surface area contributed by atoms with E-state index < -0.39 is 0 Å². The third-order valence-corrected chi connectivity index (χ3v) is 4.68. The third kappa shape index (κ3) is 4.05. The van der Waals surface area contributed by atoms with Gasteiger partial charge in [0.25, 0.3) is 0 Å². The molecule has 0 spiro atoms. The standard InChI is InChI=1S/C23H25NO2/c1-2-3-5-14-21(26)24-23(18-11-6-4-7-12-18)22-19-13-9-8-10-17(19)15-16-20(22)25/h4,6-13,15-16,23,25H,2-3,5,14H2,1H3,(H,24,26). The van der Waals surface area contributed by atoms with Crippen molar-refractivity contribution in [3.8, 4) is 5.75 Å². The maximum Gasteiger partial charge on any atom is 0.220 e. The van der Waals surface area contributed by atoms with E-state index in [1.807, 2.05) is 60.7 Å². The van der Waals surface area contributed by atoms with Crippen LogP contribution < -0.4 is 5.32 Å². The molecule has 3 aromatic carbocycles. The Kier molecular flexibility index (Phi) is 5.90. The Hall–Kier alpha value is -2.81. The first-order valence-electron chi connectivity index (χ1n) is 9.25. The Morgan fingerprint density at radius 3 is 2.46 bits per heavy atom. The molecule has 0 bridgehead atoms. The van der Waals surface area contributed by atoms with Crippen molar-refractivity contribution in [3.63, 3.8) is 0 Å². The number of fused-ring (bicyclic) bond motifs is 1. The summed E-state index contributed by atoms with van der Waals surface area (Å²) >= 11 is 0. The summed E-state index contributed by atoms with van der Waals surface area (Å²) in [6.45, 7) is 2.12. The fourth-order valence-electron chi connectivity index (χ4n) is 3.32. The molecule has 0 aliphatic carbocycles. The summed E-state index contributed by atoms with van der Waals surface area (Å²) in [4.78, 5) is 12.5. The summed E-state index contributed by atoms with van der Waals surface area (Å²) in [5, 5.41) is 15.8. The molecule has 134 valence electrons. The van der Waals surface area contributed by atoms with Crippen LogP contribution in [0.5, 0.6) is 5.75 Å². The van der Waals surface area contributed by atoms with Gasteiger partial charge in [-0.2, -0.15) is 0 Å². The minimum atomic E-state index is -0.378. The summed E-state index contributed by atoms with van der Waals surface area (Å²) < 4.78 is 0. The van der Waals surface area contributed by atoms with Crippen LogP contribution in [-0.2, 0) is 4.79 Å². The van der Waals surface area contributed by atoms with Crippen LogP contribution in [0.4, 0.5) is 0 Å². The van der Waals surface area contributed by atoms with Crippen molar-refractivity contribution in [1.82, 2.24) is 5.32 Å². The lowest BCUT2D eigenvalue weighted by molar-refractivity contribution is -0.121. The van der Waals surface area contributed by atoms with Gasteiger partial charge in [-0.25, -0.2) is 0 Å². The Labute approximate surface area is 154 Å². The molecule has 0 aliphatic rings. The molecule has 0 saturated heterocycles. The second kappa shape index (κ2) is 8.52. The average molecular weight is 347 g/mol. The van der Waals surface area contributed by atoms with E-state index in [2.05, 4.69) is 12.2 Å². The monoisotopic (exact) mass is 347 g/mol. The lowest BCUT2D eigenvalue weighted by Crippen LogP contribution is -2.29. The zero-order valence-corrected chi connectivity index (χ0v) is 15.1.